The summed E-state index contributed by atoms with van der Waals surface area (Å²) in [6.45, 7) is 1.18. The summed E-state index contributed by atoms with van der Waals surface area (Å²) in [4.78, 5) is 8.05. The van der Waals surface area contributed by atoms with Crippen molar-refractivity contribution in [3.63, 3.8) is 0 Å². The van der Waals surface area contributed by atoms with Gasteiger partial charge in [0.05, 0.1) is 20.2 Å². The molecule has 0 saturated heterocycles. The number of nitrogens with zero attached hydrogens (tertiary/aromatic N) is 4. The Morgan fingerprint density at radius 3 is 2.75 bits per heavy atom. The number of methoxy groups -OCH3 is 1. The average molecular weight is 388 g/mol. The zero-order valence-electron chi connectivity index (χ0n) is 11.1. The summed E-state index contributed by atoms with van der Waals surface area (Å²) in [5.41, 5.74) is 6.64. The molecule has 1 aromatic heterocycles. The number of hydrogen-bond donors (Lipinski definition) is 2. The van der Waals surface area contributed by atoms with Crippen molar-refractivity contribution in [2.45, 2.75) is 6.54 Å². The van der Waals surface area contributed by atoms with Crippen LogP contribution in [0.5, 0.6) is 5.75 Å². The van der Waals surface area contributed by atoms with Crippen molar-refractivity contribution >= 4 is 35.6 Å². The molecule has 0 aliphatic rings. The van der Waals surface area contributed by atoms with Crippen LogP contribution in [-0.2, 0) is 6.54 Å². The Balaban J connectivity index is 0.00000200. The van der Waals surface area contributed by atoms with Crippen molar-refractivity contribution in [2.24, 2.45) is 10.7 Å². The van der Waals surface area contributed by atoms with Crippen LogP contribution >= 0.6 is 24.0 Å². The maximum Gasteiger partial charge on any atom is 0.193 e. The number of aliphatic imine (C=N–C) groups is 1. The summed E-state index contributed by atoms with van der Waals surface area (Å²) in [6, 6.07) is 7.45. The Labute approximate surface area is 134 Å². The Morgan fingerprint density at radius 1 is 1.40 bits per heavy atom. The van der Waals surface area contributed by atoms with Crippen LogP contribution in [0.2, 0.25) is 0 Å². The minimum Gasteiger partial charge on any atom is -0.497 e. The van der Waals surface area contributed by atoms with Gasteiger partial charge in [0.25, 0.3) is 0 Å². The van der Waals surface area contributed by atoms with Crippen LogP contribution in [0.1, 0.15) is 0 Å². The normalized spacial score (nSPS) is 10.8. The fourth-order valence-electron chi connectivity index (χ4n) is 1.48. The number of guanidine groups is 1. The number of anilines is 1. The van der Waals surface area contributed by atoms with Crippen molar-refractivity contribution in [1.29, 1.82) is 0 Å². The molecule has 0 unspecified atom stereocenters. The molecule has 8 heteroatoms. The quantitative estimate of drug-likeness (QED) is 0.458. The van der Waals surface area contributed by atoms with E-state index in [1.807, 2.05) is 24.3 Å². The first-order chi connectivity index (χ1) is 9.28. The third-order valence-corrected chi connectivity index (χ3v) is 2.44. The molecule has 0 fully saturated rings. The van der Waals surface area contributed by atoms with Crippen LogP contribution in [-0.4, -0.2) is 34.4 Å². The topological polar surface area (TPSA) is 90.3 Å². The van der Waals surface area contributed by atoms with Gasteiger partial charge in [-0.25, -0.2) is 4.98 Å². The number of rotatable bonds is 5. The third kappa shape index (κ3) is 5.03. The molecule has 20 heavy (non-hydrogen) atoms. The van der Waals surface area contributed by atoms with E-state index in [2.05, 4.69) is 20.4 Å². The molecule has 2 rings (SSSR count). The van der Waals surface area contributed by atoms with E-state index < -0.39 is 0 Å². The second kappa shape index (κ2) is 8.35. The van der Waals surface area contributed by atoms with E-state index >= 15 is 0 Å². The molecule has 2 aromatic rings. The van der Waals surface area contributed by atoms with Gasteiger partial charge in [0.15, 0.2) is 5.96 Å². The highest BCUT2D eigenvalue weighted by Gasteiger charge is 1.96. The molecule has 7 nitrogen and oxygen atoms in total. The Hall–Kier alpha value is -1.84. The first-order valence-electron chi connectivity index (χ1n) is 5.81. The van der Waals surface area contributed by atoms with E-state index in [0.29, 0.717) is 19.0 Å². The molecule has 0 saturated carbocycles. The highest BCUT2D eigenvalue weighted by molar-refractivity contribution is 14.0. The van der Waals surface area contributed by atoms with E-state index in [9.17, 15) is 0 Å². The van der Waals surface area contributed by atoms with Crippen LogP contribution < -0.4 is 15.8 Å². The summed E-state index contributed by atoms with van der Waals surface area (Å²) in [5.74, 6) is 1.16. The number of benzene rings is 1. The molecule has 1 aromatic carbocycles. The standard InChI is InChI=1S/C12H16N6O.HI/c1-19-11-4-2-10(3-5-11)17-12(13)15-6-7-18-9-14-8-16-18;/h2-5,8-9H,6-7H2,1H3,(H3,13,15,17);1H. The minimum atomic E-state index is 0. The maximum atomic E-state index is 5.78. The molecule has 0 atom stereocenters. The molecule has 0 aliphatic carbocycles. The molecular formula is C12H17IN6O. The Bertz CT molecular complexity index is 525. The summed E-state index contributed by atoms with van der Waals surface area (Å²) in [6.07, 6.45) is 3.13. The highest BCUT2D eigenvalue weighted by Crippen LogP contribution is 2.14. The predicted molar refractivity (Wildman–Crippen MR) is 88.5 cm³/mol. The lowest BCUT2D eigenvalue weighted by Gasteiger charge is -2.06. The summed E-state index contributed by atoms with van der Waals surface area (Å²) >= 11 is 0. The van der Waals surface area contributed by atoms with Crippen LogP contribution in [0.4, 0.5) is 5.69 Å². The minimum absolute atomic E-state index is 0. The summed E-state index contributed by atoms with van der Waals surface area (Å²) in [5, 5.41) is 6.98. The highest BCUT2D eigenvalue weighted by atomic mass is 127. The van der Waals surface area contributed by atoms with E-state index in [-0.39, 0.29) is 24.0 Å². The average Bonchev–Trinajstić information content (AvgIpc) is 2.93. The first-order valence-corrected chi connectivity index (χ1v) is 5.81. The van der Waals surface area contributed by atoms with Gasteiger partial charge in [0.2, 0.25) is 0 Å². The van der Waals surface area contributed by atoms with Gasteiger partial charge < -0.3 is 15.8 Å². The fraction of sp³-hybridized carbons (Fsp3) is 0.250. The maximum absolute atomic E-state index is 5.78. The first kappa shape index (κ1) is 16.2. The smallest absolute Gasteiger partial charge is 0.193 e. The summed E-state index contributed by atoms with van der Waals surface area (Å²) in [7, 11) is 1.63. The number of halogens is 1. The Morgan fingerprint density at radius 2 is 2.15 bits per heavy atom. The molecule has 0 radical (unpaired) electrons. The van der Waals surface area contributed by atoms with Crippen molar-refractivity contribution in [2.75, 3.05) is 19.0 Å². The third-order valence-electron chi connectivity index (χ3n) is 2.44. The van der Waals surface area contributed by atoms with Crippen LogP contribution in [0.3, 0.4) is 0 Å². The van der Waals surface area contributed by atoms with Gasteiger partial charge in [0.1, 0.15) is 18.4 Å². The van der Waals surface area contributed by atoms with Gasteiger partial charge in [-0.1, -0.05) is 0 Å². The van der Waals surface area contributed by atoms with Crippen LogP contribution in [0.15, 0.2) is 41.9 Å². The molecule has 108 valence electrons. The lowest BCUT2D eigenvalue weighted by Crippen LogP contribution is -2.23. The number of ether oxygens (including phenoxy) is 1. The second-order valence-electron chi connectivity index (χ2n) is 3.78. The van der Waals surface area contributed by atoms with Crippen LogP contribution in [0.25, 0.3) is 0 Å². The molecule has 1 heterocycles. The van der Waals surface area contributed by atoms with Crippen molar-refractivity contribution in [3.05, 3.63) is 36.9 Å². The van der Waals surface area contributed by atoms with E-state index in [0.717, 1.165) is 11.4 Å². The van der Waals surface area contributed by atoms with Gasteiger partial charge in [-0.3, -0.25) is 9.67 Å². The van der Waals surface area contributed by atoms with Gasteiger partial charge in [0, 0.05) is 5.69 Å². The zero-order valence-corrected chi connectivity index (χ0v) is 13.4. The second-order valence-corrected chi connectivity index (χ2v) is 3.78. The molecule has 0 amide bonds. The van der Waals surface area contributed by atoms with Gasteiger partial charge in [-0.2, -0.15) is 5.10 Å². The van der Waals surface area contributed by atoms with Crippen molar-refractivity contribution in [1.82, 2.24) is 14.8 Å². The van der Waals surface area contributed by atoms with E-state index in [1.165, 1.54) is 6.33 Å². The van der Waals surface area contributed by atoms with Gasteiger partial charge >= 0.3 is 0 Å². The molecule has 3 N–H and O–H groups in total. The zero-order chi connectivity index (χ0) is 13.5. The van der Waals surface area contributed by atoms with E-state index in [4.69, 9.17) is 10.5 Å². The molecular weight excluding hydrogens is 371 g/mol. The van der Waals surface area contributed by atoms with Crippen molar-refractivity contribution < 1.29 is 4.74 Å². The number of nitrogens with two attached hydrogens (primary N) is 1. The predicted octanol–water partition coefficient (Wildman–Crippen LogP) is 1.33. The molecule has 0 aliphatic heterocycles. The lowest BCUT2D eigenvalue weighted by atomic mass is 10.3. The molecule has 0 bridgehead atoms. The van der Waals surface area contributed by atoms with Crippen LogP contribution in [0, 0.1) is 0 Å². The number of nitrogens with one attached hydrogen (secondary N) is 1. The summed E-state index contributed by atoms with van der Waals surface area (Å²) < 4.78 is 6.77. The van der Waals surface area contributed by atoms with Gasteiger partial charge in [-0.05, 0) is 24.3 Å². The van der Waals surface area contributed by atoms with E-state index in [1.54, 1.807) is 18.1 Å². The number of aromatic nitrogens is 3. The fourth-order valence-corrected chi connectivity index (χ4v) is 1.48. The lowest BCUT2D eigenvalue weighted by molar-refractivity contribution is 0.415. The molecule has 0 spiro atoms. The largest absolute Gasteiger partial charge is 0.497 e. The Kier molecular flexibility index (Phi) is 6.77. The number of hydrogen-bond acceptors (Lipinski definition) is 4. The SMILES string of the molecule is COc1ccc(NC(N)=NCCn2cncn2)cc1.I. The van der Waals surface area contributed by atoms with Gasteiger partial charge in [-0.15, -0.1) is 24.0 Å². The monoisotopic (exact) mass is 388 g/mol. The van der Waals surface area contributed by atoms with Crippen molar-refractivity contribution in [3.8, 4) is 5.75 Å².